The van der Waals surface area contributed by atoms with E-state index < -0.39 is 0 Å². The summed E-state index contributed by atoms with van der Waals surface area (Å²) in [6.07, 6.45) is 0. The van der Waals surface area contributed by atoms with Crippen LogP contribution in [0.4, 0.5) is 5.69 Å². The Kier molecular flexibility index (Phi) is 5.80. The van der Waals surface area contributed by atoms with Crippen molar-refractivity contribution in [1.82, 2.24) is 0 Å². The van der Waals surface area contributed by atoms with E-state index in [1.54, 1.807) is 30.3 Å². The van der Waals surface area contributed by atoms with Crippen molar-refractivity contribution in [1.29, 1.82) is 0 Å². The molecule has 0 saturated heterocycles. The fourth-order valence-electron chi connectivity index (χ4n) is 2.71. The topological polar surface area (TPSA) is 51.5 Å². The van der Waals surface area contributed by atoms with Gasteiger partial charge in [0.15, 0.2) is 5.76 Å². The third-order valence-corrected chi connectivity index (χ3v) is 4.91. The molecular weight excluding hydrogens is 374 g/mol. The highest BCUT2D eigenvalue weighted by atomic mass is 35.5. The van der Waals surface area contributed by atoms with Crippen LogP contribution in [0.15, 0.2) is 59.0 Å². The molecule has 3 aromatic rings. The molecule has 4 nitrogen and oxygen atoms in total. The van der Waals surface area contributed by atoms with E-state index in [9.17, 15) is 4.79 Å². The number of ether oxygens (including phenoxy) is 1. The molecule has 0 radical (unpaired) electrons. The maximum Gasteiger partial charge on any atom is 0.291 e. The van der Waals surface area contributed by atoms with E-state index in [4.69, 9.17) is 20.8 Å². The summed E-state index contributed by atoms with van der Waals surface area (Å²) in [5.41, 5.74) is 2.81. The van der Waals surface area contributed by atoms with Gasteiger partial charge in [0, 0.05) is 10.7 Å². The van der Waals surface area contributed by atoms with Crippen molar-refractivity contribution in [2.45, 2.75) is 39.7 Å². The highest BCUT2D eigenvalue weighted by Crippen LogP contribution is 2.25. The number of nitrogens with one attached hydrogen (secondary N) is 1. The summed E-state index contributed by atoms with van der Waals surface area (Å²) in [6.45, 7) is 8.61. The summed E-state index contributed by atoms with van der Waals surface area (Å²) < 4.78 is 11.4. The van der Waals surface area contributed by atoms with Gasteiger partial charge in [-0.2, -0.15) is 0 Å². The molecule has 1 aromatic heterocycles. The first-order chi connectivity index (χ1) is 13.2. The van der Waals surface area contributed by atoms with Crippen LogP contribution in [0.3, 0.4) is 0 Å². The average molecular weight is 398 g/mol. The van der Waals surface area contributed by atoms with Gasteiger partial charge in [-0.1, -0.05) is 50.6 Å². The summed E-state index contributed by atoms with van der Waals surface area (Å²) >= 11 is 6.09. The number of amides is 1. The Bertz CT molecular complexity index is 968. The van der Waals surface area contributed by atoms with Crippen LogP contribution in [0.25, 0.3) is 0 Å². The Hall–Kier alpha value is -2.72. The summed E-state index contributed by atoms with van der Waals surface area (Å²) in [5, 5.41) is 3.42. The largest absolute Gasteiger partial charge is 0.486 e. The van der Waals surface area contributed by atoms with E-state index >= 15 is 0 Å². The van der Waals surface area contributed by atoms with E-state index in [1.165, 1.54) is 5.56 Å². The lowest BCUT2D eigenvalue weighted by Gasteiger charge is -2.19. The molecule has 0 aliphatic rings. The molecule has 1 heterocycles. The van der Waals surface area contributed by atoms with E-state index in [2.05, 4.69) is 38.2 Å². The molecule has 1 amide bonds. The monoisotopic (exact) mass is 397 g/mol. The molecule has 3 rings (SSSR count). The maximum absolute atomic E-state index is 12.4. The standard InChI is InChI=1S/C23H24ClNO3/c1-15-19(24)6-5-7-20(15)25-22(26)21-13-12-18(28-21)14-27-17-10-8-16(9-11-17)23(2,3)4/h5-13H,14H2,1-4H3,(H,25,26). The van der Waals surface area contributed by atoms with Crippen LogP contribution in [-0.4, -0.2) is 5.91 Å². The Morgan fingerprint density at radius 3 is 2.46 bits per heavy atom. The predicted molar refractivity (Wildman–Crippen MR) is 112 cm³/mol. The van der Waals surface area contributed by atoms with Gasteiger partial charge in [0.05, 0.1) is 0 Å². The van der Waals surface area contributed by atoms with E-state index in [0.717, 1.165) is 11.3 Å². The van der Waals surface area contributed by atoms with E-state index in [1.807, 2.05) is 19.1 Å². The number of benzene rings is 2. The smallest absolute Gasteiger partial charge is 0.291 e. The minimum atomic E-state index is -0.328. The molecule has 1 N–H and O–H groups in total. The molecule has 0 aliphatic carbocycles. The van der Waals surface area contributed by atoms with Gasteiger partial charge in [-0.3, -0.25) is 4.79 Å². The van der Waals surface area contributed by atoms with Crippen LogP contribution < -0.4 is 10.1 Å². The van der Waals surface area contributed by atoms with Gasteiger partial charge in [0.2, 0.25) is 0 Å². The lowest BCUT2D eigenvalue weighted by atomic mass is 9.87. The number of hydrogen-bond donors (Lipinski definition) is 1. The number of carbonyl (C=O) groups is 1. The zero-order valence-corrected chi connectivity index (χ0v) is 17.3. The van der Waals surface area contributed by atoms with Crippen LogP contribution in [0.5, 0.6) is 5.75 Å². The fraction of sp³-hybridized carbons (Fsp3) is 0.261. The minimum absolute atomic E-state index is 0.100. The number of anilines is 1. The zero-order chi connectivity index (χ0) is 20.3. The first-order valence-electron chi connectivity index (χ1n) is 9.12. The zero-order valence-electron chi connectivity index (χ0n) is 16.5. The molecule has 2 aromatic carbocycles. The molecular formula is C23H24ClNO3. The number of halogens is 1. The molecule has 0 aliphatic heterocycles. The summed E-state index contributed by atoms with van der Waals surface area (Å²) in [4.78, 5) is 12.4. The SMILES string of the molecule is Cc1c(Cl)cccc1NC(=O)c1ccc(COc2ccc(C(C)(C)C)cc2)o1. The van der Waals surface area contributed by atoms with Crippen molar-refractivity contribution < 1.29 is 13.9 Å². The number of furan rings is 1. The van der Waals surface area contributed by atoms with Crippen molar-refractivity contribution in [3.8, 4) is 5.75 Å². The average Bonchev–Trinajstić information content (AvgIpc) is 3.12. The molecule has 0 fully saturated rings. The molecule has 28 heavy (non-hydrogen) atoms. The minimum Gasteiger partial charge on any atom is -0.486 e. The second-order valence-corrected chi connectivity index (χ2v) is 8.10. The van der Waals surface area contributed by atoms with Gasteiger partial charge in [-0.15, -0.1) is 0 Å². The van der Waals surface area contributed by atoms with Gasteiger partial charge in [-0.05, 0) is 59.9 Å². The lowest BCUT2D eigenvalue weighted by Crippen LogP contribution is -2.12. The van der Waals surface area contributed by atoms with Gasteiger partial charge >= 0.3 is 0 Å². The molecule has 0 bridgehead atoms. The Labute approximate surface area is 170 Å². The Morgan fingerprint density at radius 2 is 1.79 bits per heavy atom. The number of carbonyl (C=O) groups excluding carboxylic acids is 1. The van der Waals surface area contributed by atoms with Crippen molar-refractivity contribution in [3.63, 3.8) is 0 Å². The van der Waals surface area contributed by atoms with Gasteiger partial charge in [0.25, 0.3) is 5.91 Å². The van der Waals surface area contributed by atoms with Crippen LogP contribution in [-0.2, 0) is 12.0 Å². The van der Waals surface area contributed by atoms with Crippen molar-refractivity contribution >= 4 is 23.2 Å². The molecule has 0 spiro atoms. The summed E-state index contributed by atoms with van der Waals surface area (Å²) in [6, 6.07) is 16.7. The van der Waals surface area contributed by atoms with E-state index in [0.29, 0.717) is 16.5 Å². The van der Waals surface area contributed by atoms with Gasteiger partial charge < -0.3 is 14.5 Å². The Balaban J connectivity index is 1.61. The molecule has 146 valence electrons. The van der Waals surface area contributed by atoms with Crippen LogP contribution in [0.2, 0.25) is 5.02 Å². The fourth-order valence-corrected chi connectivity index (χ4v) is 2.88. The molecule has 0 unspecified atom stereocenters. The van der Waals surface area contributed by atoms with Crippen molar-refractivity contribution in [2.75, 3.05) is 5.32 Å². The van der Waals surface area contributed by atoms with Crippen LogP contribution >= 0.6 is 11.6 Å². The third-order valence-electron chi connectivity index (χ3n) is 4.50. The first kappa shape index (κ1) is 20.0. The summed E-state index contributed by atoms with van der Waals surface area (Å²) in [7, 11) is 0. The molecule has 0 atom stereocenters. The normalized spacial score (nSPS) is 11.3. The van der Waals surface area contributed by atoms with Crippen LogP contribution in [0, 0.1) is 6.92 Å². The van der Waals surface area contributed by atoms with Crippen molar-refractivity contribution in [2.24, 2.45) is 0 Å². The third kappa shape index (κ3) is 4.76. The predicted octanol–water partition coefficient (Wildman–Crippen LogP) is 6.37. The van der Waals surface area contributed by atoms with Gasteiger partial charge in [-0.25, -0.2) is 0 Å². The number of hydrogen-bond acceptors (Lipinski definition) is 3. The highest BCUT2D eigenvalue weighted by molar-refractivity contribution is 6.31. The summed E-state index contributed by atoms with van der Waals surface area (Å²) in [5.74, 6) is 1.23. The van der Waals surface area contributed by atoms with Crippen LogP contribution in [0.1, 0.15) is 48.2 Å². The lowest BCUT2D eigenvalue weighted by molar-refractivity contribution is 0.0992. The first-order valence-corrected chi connectivity index (χ1v) is 9.50. The number of rotatable bonds is 5. The maximum atomic E-state index is 12.4. The van der Waals surface area contributed by atoms with Gasteiger partial charge in [0.1, 0.15) is 18.1 Å². The quantitative estimate of drug-likeness (QED) is 0.544. The van der Waals surface area contributed by atoms with Crippen molar-refractivity contribution in [3.05, 3.63) is 82.3 Å². The molecule has 0 saturated carbocycles. The second-order valence-electron chi connectivity index (χ2n) is 7.70. The van der Waals surface area contributed by atoms with E-state index in [-0.39, 0.29) is 23.7 Å². The highest BCUT2D eigenvalue weighted by Gasteiger charge is 2.15. The Morgan fingerprint density at radius 1 is 1.07 bits per heavy atom. The second kappa shape index (κ2) is 8.11. The molecule has 5 heteroatoms.